The summed E-state index contributed by atoms with van der Waals surface area (Å²) < 4.78 is 80.4. The van der Waals surface area contributed by atoms with E-state index in [1.807, 2.05) is 203 Å². The Kier molecular flexibility index (Phi) is 56.7. The average Bonchev–Trinajstić information content (AvgIpc) is 0.884. The smallest absolute Gasteiger partial charge is 0.410 e. The number of rotatable bonds is 26. The molecule has 770 valence electrons. The van der Waals surface area contributed by atoms with E-state index >= 15 is 0 Å². The van der Waals surface area contributed by atoms with Gasteiger partial charge in [0.2, 0.25) is 0 Å². The molecule has 2 saturated heterocycles. The Morgan fingerprint density at radius 3 is 0.993 bits per heavy atom. The maximum absolute atomic E-state index is 13.4. The molecule has 2 aliphatic heterocycles. The van der Waals surface area contributed by atoms with E-state index in [0.717, 1.165) is 113 Å². The molecule has 0 aliphatic carbocycles. The predicted octanol–water partition coefficient (Wildman–Crippen LogP) is 19.3. The number of carbonyl (C=O) groups excluding carboxylic acids is 12. The molecular weight excluding hydrogens is 1830 g/mol. The number of hydrogen-bond donors (Lipinski definition) is 7. The number of primary amides is 1. The number of Topliss-reactive ketones (excluding diaryl/α,β-unsaturated/α-hetero) is 4. The number of nitrogens with two attached hydrogens (primary N) is 1. The monoisotopic (exact) mass is 1980 g/mol. The number of benzene rings is 10. The van der Waals surface area contributed by atoms with Gasteiger partial charge in [-0.05, 0) is 289 Å². The highest BCUT2D eigenvalue weighted by Crippen LogP contribution is 2.26. The molecule has 0 bridgehead atoms. The number of amides is 7. The van der Waals surface area contributed by atoms with Crippen LogP contribution < -0.4 is 32.3 Å². The van der Waals surface area contributed by atoms with Gasteiger partial charge in [-0.3, -0.25) is 52.7 Å². The first-order valence-electron chi connectivity index (χ1n) is 47.0. The van der Waals surface area contributed by atoms with Crippen LogP contribution in [0, 0.1) is 110 Å². The highest BCUT2D eigenvalue weighted by molar-refractivity contribution is 5.99. The number of hydrogen-bond acceptors (Lipinski definition) is 18. The van der Waals surface area contributed by atoms with Crippen molar-refractivity contribution in [3.8, 4) is 0 Å². The molecule has 30 heteroatoms. The first-order chi connectivity index (χ1) is 67.5. The predicted molar refractivity (Wildman–Crippen MR) is 551 cm³/mol. The van der Waals surface area contributed by atoms with Gasteiger partial charge in [0.1, 0.15) is 34.7 Å². The molecular formula is C113H142F5N9O16. The van der Waals surface area contributed by atoms with E-state index in [4.69, 9.17) is 20.3 Å². The fourth-order valence-electron chi connectivity index (χ4n) is 12.9. The minimum absolute atomic E-state index is 0.00292. The normalized spacial score (nSPS) is 11.7. The number of ether oxygens (including phenoxy) is 3. The molecule has 2 fully saturated rings. The summed E-state index contributed by atoms with van der Waals surface area (Å²) in [5.74, 6) is -3.52. The molecule has 10 aromatic carbocycles. The average molecular weight is 1980 g/mol. The Balaban J connectivity index is 0.000000412. The summed E-state index contributed by atoms with van der Waals surface area (Å²) in [6.07, 6.45) is 4.75. The van der Waals surface area contributed by atoms with Crippen molar-refractivity contribution >= 4 is 71.1 Å². The van der Waals surface area contributed by atoms with Crippen LogP contribution in [-0.4, -0.2) is 204 Å². The van der Waals surface area contributed by atoms with E-state index in [0.29, 0.717) is 69.5 Å². The Morgan fingerprint density at radius 1 is 0.399 bits per heavy atom. The lowest BCUT2D eigenvalue weighted by Crippen LogP contribution is -2.42. The minimum Gasteiger partial charge on any atom is -0.447 e. The molecule has 0 aromatic heterocycles. The van der Waals surface area contributed by atoms with Gasteiger partial charge in [-0.2, -0.15) is 0 Å². The number of aliphatic hydroxyl groups is 1. The molecule has 2 heterocycles. The molecule has 0 atom stereocenters. The van der Waals surface area contributed by atoms with Crippen molar-refractivity contribution in [1.82, 2.24) is 41.3 Å². The van der Waals surface area contributed by atoms with Crippen molar-refractivity contribution in [2.75, 3.05) is 107 Å². The lowest BCUT2D eigenvalue weighted by molar-refractivity contribution is -0.129. The number of nitrogens with one attached hydrogen (secondary N) is 5. The van der Waals surface area contributed by atoms with Gasteiger partial charge in [0.25, 0.3) is 41.9 Å². The Bertz CT molecular complexity index is 5640. The number of halogens is 5. The van der Waals surface area contributed by atoms with Crippen molar-refractivity contribution in [2.45, 2.75) is 155 Å². The minimum atomic E-state index is -0.734. The van der Waals surface area contributed by atoms with E-state index in [9.17, 15) is 79.5 Å². The third-order valence-corrected chi connectivity index (χ3v) is 21.2. The van der Waals surface area contributed by atoms with Crippen LogP contribution in [0.3, 0.4) is 0 Å². The highest BCUT2D eigenvalue weighted by Gasteiger charge is 2.29. The summed E-state index contributed by atoms with van der Waals surface area (Å²) in [4.78, 5) is 141. The molecule has 12 rings (SSSR count). The largest absolute Gasteiger partial charge is 0.447 e. The molecule has 143 heavy (non-hydrogen) atoms. The Hall–Kier alpha value is -14.1. The summed E-state index contributed by atoms with van der Waals surface area (Å²) in [7, 11) is 7.80. The van der Waals surface area contributed by atoms with E-state index in [-0.39, 0.29) is 100 Å². The maximum atomic E-state index is 13.4. The number of nitrogens with zero attached hydrogens (tertiary/aromatic N) is 3. The van der Waals surface area contributed by atoms with Crippen LogP contribution in [0.4, 0.5) is 26.7 Å². The molecule has 2 aliphatic rings. The second-order valence-electron chi connectivity index (χ2n) is 35.8. The third kappa shape index (κ3) is 50.8. The molecule has 8 N–H and O–H groups in total. The molecule has 0 spiro atoms. The Labute approximate surface area is 839 Å². The van der Waals surface area contributed by atoms with E-state index in [1.54, 1.807) is 95.8 Å². The van der Waals surface area contributed by atoms with Gasteiger partial charge in [-0.1, -0.05) is 155 Å². The van der Waals surface area contributed by atoms with Crippen molar-refractivity contribution < 1.29 is 98.8 Å². The highest BCUT2D eigenvalue weighted by atomic mass is 19.1. The number of likely N-dealkylation sites (N-methyl/N-ethyl adjacent to an activating group) is 2. The van der Waals surface area contributed by atoms with Crippen LogP contribution in [0.5, 0.6) is 0 Å². The van der Waals surface area contributed by atoms with Gasteiger partial charge in [0.05, 0.1) is 34.4 Å². The van der Waals surface area contributed by atoms with Crippen molar-refractivity contribution in [3.63, 3.8) is 0 Å². The number of ketones is 4. The zero-order valence-electron chi connectivity index (χ0n) is 86.0. The lowest BCUT2D eigenvalue weighted by atomic mass is 9.90. The fourth-order valence-corrected chi connectivity index (χ4v) is 12.9. The van der Waals surface area contributed by atoms with Gasteiger partial charge in [0.15, 0.2) is 29.9 Å². The van der Waals surface area contributed by atoms with Crippen LogP contribution in [0.15, 0.2) is 212 Å². The van der Waals surface area contributed by atoms with Crippen LogP contribution in [-0.2, 0) is 19.0 Å². The number of piperidine rings is 1. The summed E-state index contributed by atoms with van der Waals surface area (Å²) in [6.45, 7) is 35.6. The number of likely N-dealkylation sites (tertiary alicyclic amines) is 1. The maximum Gasteiger partial charge on any atom is 0.410 e. The Morgan fingerprint density at radius 2 is 0.692 bits per heavy atom. The summed E-state index contributed by atoms with van der Waals surface area (Å²) in [5.41, 5.74) is 18.2. The zero-order valence-corrected chi connectivity index (χ0v) is 86.0. The van der Waals surface area contributed by atoms with Gasteiger partial charge >= 0.3 is 6.09 Å². The molecule has 0 radical (unpaired) electrons. The summed E-state index contributed by atoms with van der Waals surface area (Å²) >= 11 is 0. The molecule has 0 saturated carbocycles. The van der Waals surface area contributed by atoms with E-state index < -0.39 is 46.5 Å². The molecule has 0 unspecified atom stereocenters. The van der Waals surface area contributed by atoms with Gasteiger partial charge in [0, 0.05) is 106 Å². The molecule has 25 nitrogen and oxygen atoms in total. The van der Waals surface area contributed by atoms with E-state index in [1.165, 1.54) is 84.3 Å². The van der Waals surface area contributed by atoms with Crippen molar-refractivity contribution in [2.24, 2.45) is 17.6 Å². The fraction of sp³-hybridized carbons (Fsp3) is 0.363. The van der Waals surface area contributed by atoms with Gasteiger partial charge in [-0.15, -0.1) is 0 Å². The third-order valence-electron chi connectivity index (χ3n) is 21.2. The zero-order chi connectivity index (χ0) is 107. The van der Waals surface area contributed by atoms with Crippen LogP contribution >= 0.6 is 0 Å². The van der Waals surface area contributed by atoms with Crippen LogP contribution in [0.1, 0.15) is 239 Å². The first-order valence-corrected chi connectivity index (χ1v) is 47.0. The molecule has 10 aromatic rings. The quantitative estimate of drug-likeness (QED) is 0.00870. The van der Waals surface area contributed by atoms with E-state index in [2.05, 4.69) is 31.3 Å². The topological polar surface area (TPSA) is 349 Å². The summed E-state index contributed by atoms with van der Waals surface area (Å²) in [6, 6.07) is 60.3. The second-order valence-corrected chi connectivity index (χ2v) is 35.8. The van der Waals surface area contributed by atoms with Crippen LogP contribution in [0.2, 0.25) is 0 Å². The van der Waals surface area contributed by atoms with Crippen LogP contribution in [0.25, 0.3) is 0 Å². The molecule has 7 amide bonds. The summed E-state index contributed by atoms with van der Waals surface area (Å²) in [5, 5.41) is 21.4. The van der Waals surface area contributed by atoms with Gasteiger partial charge in [-0.25, -0.2) is 26.7 Å². The second kappa shape index (κ2) is 65.8. The number of aryl methyl sites for hydroxylation is 10. The van der Waals surface area contributed by atoms with Gasteiger partial charge < -0.3 is 66.3 Å². The lowest BCUT2D eigenvalue weighted by Gasteiger charge is -2.33. The van der Waals surface area contributed by atoms with Crippen molar-refractivity contribution in [1.29, 1.82) is 0 Å². The SMILES string of the molecule is CC(=O)c1ccc(C)cc1.CC(=O)c1ccc(C)cc1F.CCNC(=O)c1ccc(C)cc1F.Cc1ccc(C(=O)CC2CCN(C(=O)OC(C)(C)C)CC2)cc1.Cc1ccc(C(=O)CC2CCOCC2)cc1.Cc1ccc(C(=O)NCCN(C)C)c(F)c1.Cc1ccc(C(=O)NCCN(C)C)cc1.Cc1ccc(C(=O)NCCO)cc1.Cc1ccc(C(=O)NCOC=O)c(F)c1.Cc1ccc(C(N)=O)c(F)c1. The first kappa shape index (κ1) is 123. The van der Waals surface area contributed by atoms with Crippen molar-refractivity contribution in [3.05, 3.63) is 353 Å². The standard InChI is InChI=1S/C19H27NO3.C14H18O2.C12H17FN2O.C12H18N2O.C10H10FNO3.C10H12FNO.C10H13NO2.C9H9FO.C9H10O.C8H8FNO/c1-14-5-7-16(8-6-14)17(21)13-15-9-11-20(12-10-15)18(22)23-19(2,3)4;1-11-2-4-13(5-3-11)14(15)10-12-6-8-16-9-7-12;1-9-4-5-10(11(13)8-9)12(16)14-6-7-15(2)3;1-10-4-6-11(7-5-10)12(15)13-8-9-14(2)3;1-7-2-3-8(9(11)4-7)10(14)12-5-15-6-13;1-3-12-10(13)8-5-4-7(2)6-9(8)11;1-8-2-4-9(5-3-8)10(13)11-6-7-12;1-6-3-4-8(7(2)11)9(10)5-6;1-7-3-5-9(6-4-7)8(2)10;1-5-2-3-6(8(10)11)7(9)4-5/h5-8,15H,9-13H2,1-4H3;2-5,12H,6-10H2,1H3;4-5,8H,6-7H2,1-3H3,(H,14,16);4-7H,8-9H2,1-3H3,(H,13,15);2-4,6H,5H2,1H3,(H,12,14);4-6H,3H2,1-2H3,(H,12,13);2-5,12H,6-7H2,1H3,(H,11,13);3-5H,1-2H3;3-6H,1-2H3;2-4H,1H3,(H2,10,11). The number of carbonyl (C=O) groups is 12. The number of aliphatic hydroxyl groups excluding tert-OH is 1.